The number of nitrogens with zero attached hydrogens (tertiary/aromatic N) is 3. The number of carbonyl (C=O) groups is 1. The predicted octanol–water partition coefficient (Wildman–Crippen LogP) is 5.46. The lowest BCUT2D eigenvalue weighted by atomic mass is 10.1. The van der Waals surface area contributed by atoms with Gasteiger partial charge in [0.25, 0.3) is 5.91 Å². The maximum Gasteiger partial charge on any atom is 0.311 e. The van der Waals surface area contributed by atoms with Crippen molar-refractivity contribution in [2.75, 3.05) is 6.54 Å². The molecule has 1 N–H and O–H groups in total. The number of rotatable bonds is 6. The molecule has 1 aliphatic rings. The third-order valence-corrected chi connectivity index (χ3v) is 6.11. The van der Waals surface area contributed by atoms with E-state index in [4.69, 9.17) is 4.99 Å². The molecule has 0 saturated carbocycles. The van der Waals surface area contributed by atoms with Crippen LogP contribution in [-0.2, 0) is 11.2 Å². The molecule has 0 bridgehead atoms. The number of thioether (sulfide) groups is 1. The van der Waals surface area contributed by atoms with Crippen LogP contribution >= 0.6 is 11.8 Å². The highest BCUT2D eigenvalue weighted by Gasteiger charge is 2.33. The first kappa shape index (κ1) is 22.3. The molecule has 33 heavy (non-hydrogen) atoms. The van der Waals surface area contributed by atoms with Gasteiger partial charge in [-0.1, -0.05) is 54.1 Å². The SMILES string of the molecule is Cc1ccc(N=C2S/C(=C/c3ccc(O)c([N+](=O)[O-])c3)C(=O)N2CCc2ccccc2)cc1. The minimum atomic E-state index is -0.655. The second-order valence-corrected chi connectivity index (χ2v) is 8.55. The van der Waals surface area contributed by atoms with Gasteiger partial charge < -0.3 is 5.11 Å². The Balaban J connectivity index is 1.66. The minimum absolute atomic E-state index is 0.211. The summed E-state index contributed by atoms with van der Waals surface area (Å²) in [6.45, 7) is 2.45. The van der Waals surface area contributed by atoms with Crippen LogP contribution in [0.4, 0.5) is 11.4 Å². The van der Waals surface area contributed by atoms with Crippen molar-refractivity contribution in [1.29, 1.82) is 0 Å². The molecule has 1 aliphatic heterocycles. The van der Waals surface area contributed by atoms with Gasteiger partial charge in [-0.2, -0.15) is 0 Å². The summed E-state index contributed by atoms with van der Waals surface area (Å²) in [4.78, 5) is 30.5. The predicted molar refractivity (Wildman–Crippen MR) is 130 cm³/mol. The number of nitro groups is 1. The molecule has 3 aromatic carbocycles. The summed E-state index contributed by atoms with van der Waals surface area (Å²) in [6, 6.07) is 21.6. The largest absolute Gasteiger partial charge is 0.502 e. The summed E-state index contributed by atoms with van der Waals surface area (Å²) in [5.41, 5.74) is 3.01. The Morgan fingerprint density at radius 2 is 1.82 bits per heavy atom. The topological polar surface area (TPSA) is 96.0 Å². The average molecular weight is 460 g/mol. The summed E-state index contributed by atoms with van der Waals surface area (Å²) in [6.07, 6.45) is 2.25. The van der Waals surface area contributed by atoms with Crippen molar-refractivity contribution in [1.82, 2.24) is 4.90 Å². The van der Waals surface area contributed by atoms with Gasteiger partial charge in [0.05, 0.1) is 15.5 Å². The van der Waals surface area contributed by atoms with Crippen molar-refractivity contribution in [2.24, 2.45) is 4.99 Å². The van der Waals surface area contributed by atoms with Crippen LogP contribution in [-0.4, -0.2) is 32.5 Å². The number of amidine groups is 1. The van der Waals surface area contributed by atoms with Crippen molar-refractivity contribution < 1.29 is 14.8 Å². The molecule has 1 amide bonds. The Labute approximate surface area is 195 Å². The maximum atomic E-state index is 13.2. The van der Waals surface area contributed by atoms with E-state index in [9.17, 15) is 20.0 Å². The molecular weight excluding hydrogens is 438 g/mol. The Morgan fingerprint density at radius 3 is 2.52 bits per heavy atom. The van der Waals surface area contributed by atoms with Gasteiger partial charge in [0.2, 0.25) is 0 Å². The number of phenols is 1. The van der Waals surface area contributed by atoms with Gasteiger partial charge >= 0.3 is 5.69 Å². The van der Waals surface area contributed by atoms with Gasteiger partial charge in [-0.05, 0) is 60.5 Å². The molecule has 0 spiro atoms. The van der Waals surface area contributed by atoms with Crippen molar-refractivity contribution >= 4 is 40.3 Å². The lowest BCUT2D eigenvalue weighted by molar-refractivity contribution is -0.385. The second kappa shape index (κ2) is 9.70. The van der Waals surface area contributed by atoms with Gasteiger partial charge in [0, 0.05) is 12.6 Å². The highest BCUT2D eigenvalue weighted by Crippen LogP contribution is 2.35. The van der Waals surface area contributed by atoms with Crippen LogP contribution in [0.3, 0.4) is 0 Å². The maximum absolute atomic E-state index is 13.2. The fourth-order valence-corrected chi connectivity index (χ4v) is 4.36. The van der Waals surface area contributed by atoms with Crippen LogP contribution in [0.2, 0.25) is 0 Å². The smallest absolute Gasteiger partial charge is 0.311 e. The van der Waals surface area contributed by atoms with E-state index >= 15 is 0 Å². The van der Waals surface area contributed by atoms with Crippen LogP contribution in [0, 0.1) is 17.0 Å². The van der Waals surface area contributed by atoms with Crippen LogP contribution in [0.25, 0.3) is 6.08 Å². The normalized spacial score (nSPS) is 16.0. The molecule has 4 rings (SSSR count). The Kier molecular flexibility index (Phi) is 6.55. The Bertz CT molecular complexity index is 1250. The van der Waals surface area contributed by atoms with Gasteiger partial charge in [-0.25, -0.2) is 4.99 Å². The number of phenolic OH excluding ortho intramolecular Hbond substituents is 1. The van der Waals surface area contributed by atoms with Crippen molar-refractivity contribution in [3.05, 3.63) is 105 Å². The van der Waals surface area contributed by atoms with E-state index in [1.54, 1.807) is 11.0 Å². The summed E-state index contributed by atoms with van der Waals surface area (Å²) in [5, 5.41) is 21.4. The number of benzene rings is 3. The van der Waals surface area contributed by atoms with Crippen molar-refractivity contribution in [3.63, 3.8) is 0 Å². The standard InChI is InChI=1S/C25H21N3O4S/c1-17-7-10-20(11-8-17)26-25-27(14-13-18-5-3-2-4-6-18)24(30)23(33-25)16-19-9-12-22(29)21(15-19)28(31)32/h2-12,15-16,29H,13-14H2,1H3/b23-16+,26-25?. The molecule has 1 heterocycles. The molecule has 8 heteroatoms. The monoisotopic (exact) mass is 459 g/mol. The molecule has 0 aromatic heterocycles. The summed E-state index contributed by atoms with van der Waals surface area (Å²) < 4.78 is 0. The lowest BCUT2D eigenvalue weighted by Gasteiger charge is -2.15. The lowest BCUT2D eigenvalue weighted by Crippen LogP contribution is -2.31. The molecule has 0 radical (unpaired) electrons. The van der Waals surface area contributed by atoms with Gasteiger partial charge in [0.15, 0.2) is 10.9 Å². The zero-order chi connectivity index (χ0) is 23.4. The van der Waals surface area contributed by atoms with E-state index in [2.05, 4.69) is 0 Å². The van der Waals surface area contributed by atoms with Crippen molar-refractivity contribution in [2.45, 2.75) is 13.3 Å². The summed E-state index contributed by atoms with van der Waals surface area (Å²) >= 11 is 1.23. The number of nitro benzene ring substituents is 1. The summed E-state index contributed by atoms with van der Waals surface area (Å²) in [7, 11) is 0. The number of aliphatic imine (C=N–C) groups is 1. The molecule has 0 unspecified atom stereocenters. The number of hydrogen-bond donors (Lipinski definition) is 1. The van der Waals surface area contributed by atoms with Crippen LogP contribution in [0.1, 0.15) is 16.7 Å². The molecule has 0 atom stereocenters. The first-order valence-electron chi connectivity index (χ1n) is 10.3. The molecule has 1 saturated heterocycles. The minimum Gasteiger partial charge on any atom is -0.502 e. The Morgan fingerprint density at radius 1 is 1.09 bits per heavy atom. The number of amides is 1. The third kappa shape index (κ3) is 5.30. The van der Waals surface area contributed by atoms with Crippen LogP contribution in [0.15, 0.2) is 82.7 Å². The Hall–Kier alpha value is -3.91. The molecule has 166 valence electrons. The zero-order valence-electron chi connectivity index (χ0n) is 17.8. The van der Waals surface area contributed by atoms with E-state index in [-0.39, 0.29) is 5.91 Å². The number of aromatic hydroxyl groups is 1. The fraction of sp³-hybridized carbons (Fsp3) is 0.120. The molecule has 0 aliphatic carbocycles. The van der Waals surface area contributed by atoms with Gasteiger partial charge in [-0.15, -0.1) is 0 Å². The van der Waals surface area contributed by atoms with E-state index in [0.717, 1.165) is 16.8 Å². The highest BCUT2D eigenvalue weighted by atomic mass is 32.2. The molecular formula is C25H21N3O4S. The number of hydrogen-bond acceptors (Lipinski definition) is 6. The first-order valence-corrected chi connectivity index (χ1v) is 11.1. The molecule has 1 fully saturated rings. The van der Waals surface area contributed by atoms with Crippen LogP contribution < -0.4 is 0 Å². The first-order chi connectivity index (χ1) is 15.9. The van der Waals surface area contributed by atoms with Crippen molar-refractivity contribution in [3.8, 4) is 5.75 Å². The highest BCUT2D eigenvalue weighted by molar-refractivity contribution is 8.18. The fourth-order valence-electron chi connectivity index (χ4n) is 3.33. The van der Waals surface area contributed by atoms with Gasteiger partial charge in [-0.3, -0.25) is 19.8 Å². The van der Waals surface area contributed by atoms with E-state index < -0.39 is 16.4 Å². The zero-order valence-corrected chi connectivity index (χ0v) is 18.7. The van der Waals surface area contributed by atoms with Gasteiger partial charge in [0.1, 0.15) is 0 Å². The average Bonchev–Trinajstić information content (AvgIpc) is 3.09. The van der Waals surface area contributed by atoms with E-state index in [1.165, 1.54) is 30.0 Å². The molecule has 3 aromatic rings. The number of carbonyl (C=O) groups excluding carboxylic acids is 1. The molecule has 7 nitrogen and oxygen atoms in total. The second-order valence-electron chi connectivity index (χ2n) is 7.54. The van der Waals surface area contributed by atoms with Crippen LogP contribution in [0.5, 0.6) is 5.75 Å². The number of aryl methyl sites for hydroxylation is 1. The quantitative estimate of drug-likeness (QED) is 0.300. The summed E-state index contributed by atoms with van der Waals surface area (Å²) in [5.74, 6) is -0.629. The van der Waals surface area contributed by atoms with E-state index in [1.807, 2.05) is 61.5 Å². The van der Waals surface area contributed by atoms with E-state index in [0.29, 0.717) is 28.6 Å². The third-order valence-electron chi connectivity index (χ3n) is 5.11.